The summed E-state index contributed by atoms with van der Waals surface area (Å²) in [7, 11) is -3.68. The van der Waals surface area contributed by atoms with E-state index in [0.717, 1.165) is 22.9 Å². The number of hydrogen-bond acceptors (Lipinski definition) is 3. The van der Waals surface area contributed by atoms with Crippen molar-refractivity contribution in [2.24, 2.45) is 0 Å². The molecular formula is C18H22FNO3S. The number of aryl methyl sites for hydroxylation is 4. The van der Waals surface area contributed by atoms with E-state index in [1.807, 2.05) is 32.9 Å². The fourth-order valence-corrected chi connectivity index (χ4v) is 3.39. The van der Waals surface area contributed by atoms with Crippen LogP contribution in [-0.2, 0) is 10.0 Å². The van der Waals surface area contributed by atoms with Crippen molar-refractivity contribution in [3.8, 4) is 5.75 Å². The quantitative estimate of drug-likeness (QED) is 0.812. The molecule has 0 amide bonds. The van der Waals surface area contributed by atoms with E-state index >= 15 is 0 Å². The maximum atomic E-state index is 13.2. The van der Waals surface area contributed by atoms with E-state index < -0.39 is 15.8 Å². The van der Waals surface area contributed by atoms with Gasteiger partial charge in [0.05, 0.1) is 4.90 Å². The minimum atomic E-state index is -3.68. The standard InChI is InChI=1S/C18H22FNO3S/c1-12-9-15(4)18(11-13(12)2)23-8-7-20-24(21,22)16-5-6-17(19)14(3)10-16/h5-6,9-11,20H,7-8H2,1-4H3. The van der Waals surface area contributed by atoms with E-state index in [0.29, 0.717) is 5.56 Å². The van der Waals surface area contributed by atoms with Crippen LogP contribution in [0.25, 0.3) is 0 Å². The summed E-state index contributed by atoms with van der Waals surface area (Å²) in [6, 6.07) is 7.70. The Hall–Kier alpha value is -1.92. The van der Waals surface area contributed by atoms with Gasteiger partial charge in [0, 0.05) is 6.54 Å². The third kappa shape index (κ3) is 4.33. The molecular weight excluding hydrogens is 329 g/mol. The molecule has 0 bridgehead atoms. The molecule has 0 spiro atoms. The lowest BCUT2D eigenvalue weighted by atomic mass is 10.1. The highest BCUT2D eigenvalue weighted by molar-refractivity contribution is 7.89. The van der Waals surface area contributed by atoms with E-state index in [4.69, 9.17) is 4.74 Å². The van der Waals surface area contributed by atoms with Crippen LogP contribution in [0.2, 0.25) is 0 Å². The molecule has 0 atom stereocenters. The zero-order chi connectivity index (χ0) is 17.9. The summed E-state index contributed by atoms with van der Waals surface area (Å²) < 4.78 is 45.7. The third-order valence-corrected chi connectivity index (χ3v) is 5.34. The molecule has 2 aromatic rings. The Morgan fingerprint density at radius 3 is 2.29 bits per heavy atom. The molecule has 0 heterocycles. The van der Waals surface area contributed by atoms with E-state index in [1.165, 1.54) is 24.6 Å². The Labute approximate surface area is 142 Å². The highest BCUT2D eigenvalue weighted by Gasteiger charge is 2.14. The molecule has 0 radical (unpaired) electrons. The van der Waals surface area contributed by atoms with E-state index in [1.54, 1.807) is 0 Å². The Kier molecular flexibility index (Phi) is 5.62. The van der Waals surface area contributed by atoms with E-state index in [2.05, 4.69) is 4.72 Å². The van der Waals surface area contributed by atoms with Gasteiger partial charge in [-0.1, -0.05) is 6.07 Å². The van der Waals surface area contributed by atoms with Crippen LogP contribution in [0.15, 0.2) is 35.2 Å². The molecule has 0 aromatic heterocycles. The lowest BCUT2D eigenvalue weighted by Crippen LogP contribution is -2.28. The van der Waals surface area contributed by atoms with Crippen LogP contribution in [0.4, 0.5) is 4.39 Å². The van der Waals surface area contributed by atoms with Crippen LogP contribution < -0.4 is 9.46 Å². The molecule has 6 heteroatoms. The molecule has 2 rings (SSSR count). The number of nitrogens with one attached hydrogen (secondary N) is 1. The lowest BCUT2D eigenvalue weighted by molar-refractivity contribution is 0.320. The van der Waals surface area contributed by atoms with Crippen molar-refractivity contribution >= 4 is 10.0 Å². The number of hydrogen-bond donors (Lipinski definition) is 1. The fourth-order valence-electron chi connectivity index (χ4n) is 2.29. The maximum absolute atomic E-state index is 13.2. The monoisotopic (exact) mass is 351 g/mol. The second-order valence-corrected chi connectivity index (χ2v) is 7.63. The van der Waals surface area contributed by atoms with E-state index in [-0.39, 0.29) is 18.0 Å². The van der Waals surface area contributed by atoms with Gasteiger partial charge in [-0.2, -0.15) is 0 Å². The van der Waals surface area contributed by atoms with Crippen molar-refractivity contribution < 1.29 is 17.5 Å². The first-order chi connectivity index (χ1) is 11.2. The SMILES string of the molecule is Cc1cc(C)c(OCCNS(=O)(=O)c2ccc(F)c(C)c2)cc1C. The van der Waals surface area contributed by atoms with Gasteiger partial charge in [-0.15, -0.1) is 0 Å². The van der Waals surface area contributed by atoms with Crippen molar-refractivity contribution in [1.82, 2.24) is 4.72 Å². The minimum Gasteiger partial charge on any atom is -0.492 e. The Bertz CT molecular complexity index is 848. The van der Waals surface area contributed by atoms with Gasteiger partial charge in [0.25, 0.3) is 0 Å². The molecule has 0 saturated heterocycles. The highest BCUT2D eigenvalue weighted by Crippen LogP contribution is 2.22. The topological polar surface area (TPSA) is 55.4 Å². The lowest BCUT2D eigenvalue weighted by Gasteiger charge is -2.12. The zero-order valence-corrected chi connectivity index (χ0v) is 15.1. The van der Waals surface area contributed by atoms with E-state index in [9.17, 15) is 12.8 Å². The second-order valence-electron chi connectivity index (χ2n) is 5.86. The highest BCUT2D eigenvalue weighted by atomic mass is 32.2. The van der Waals surface area contributed by atoms with Crippen molar-refractivity contribution in [2.75, 3.05) is 13.2 Å². The smallest absolute Gasteiger partial charge is 0.240 e. The summed E-state index contributed by atoms with van der Waals surface area (Å²) in [5, 5.41) is 0. The summed E-state index contributed by atoms with van der Waals surface area (Å²) in [5.41, 5.74) is 3.61. The van der Waals surface area contributed by atoms with Gasteiger partial charge in [-0.25, -0.2) is 17.5 Å². The molecule has 130 valence electrons. The van der Waals surface area contributed by atoms with Crippen LogP contribution in [0.5, 0.6) is 5.75 Å². The number of halogens is 1. The summed E-state index contributed by atoms with van der Waals surface area (Å²) in [6.45, 7) is 7.85. The molecule has 2 aromatic carbocycles. The van der Waals surface area contributed by atoms with Crippen LogP contribution in [0, 0.1) is 33.5 Å². The molecule has 0 aliphatic heterocycles. The first kappa shape index (κ1) is 18.4. The first-order valence-electron chi connectivity index (χ1n) is 7.67. The average Bonchev–Trinajstić information content (AvgIpc) is 2.51. The number of sulfonamides is 1. The Morgan fingerprint density at radius 1 is 0.958 bits per heavy atom. The molecule has 0 fully saturated rings. The molecule has 0 aliphatic carbocycles. The van der Waals surface area contributed by atoms with Crippen LogP contribution in [0.3, 0.4) is 0 Å². The van der Waals surface area contributed by atoms with Crippen LogP contribution in [-0.4, -0.2) is 21.6 Å². The van der Waals surface area contributed by atoms with Gasteiger partial charge in [0.1, 0.15) is 18.2 Å². The molecule has 0 aliphatic rings. The second kappa shape index (κ2) is 7.32. The van der Waals surface area contributed by atoms with Crippen molar-refractivity contribution in [1.29, 1.82) is 0 Å². The van der Waals surface area contributed by atoms with Gasteiger partial charge < -0.3 is 4.74 Å². The fraction of sp³-hybridized carbons (Fsp3) is 0.333. The average molecular weight is 351 g/mol. The summed E-state index contributed by atoms with van der Waals surface area (Å²) in [6.07, 6.45) is 0. The summed E-state index contributed by atoms with van der Waals surface area (Å²) >= 11 is 0. The van der Waals surface area contributed by atoms with Crippen molar-refractivity contribution in [3.05, 3.63) is 58.4 Å². The van der Waals surface area contributed by atoms with Crippen LogP contribution >= 0.6 is 0 Å². The summed E-state index contributed by atoms with van der Waals surface area (Å²) in [5.74, 6) is 0.317. The minimum absolute atomic E-state index is 0.0451. The van der Waals surface area contributed by atoms with Gasteiger partial charge >= 0.3 is 0 Å². The van der Waals surface area contributed by atoms with Gasteiger partial charge in [0.15, 0.2) is 0 Å². The molecule has 0 unspecified atom stereocenters. The number of rotatable bonds is 6. The van der Waals surface area contributed by atoms with Gasteiger partial charge in [-0.3, -0.25) is 0 Å². The number of benzene rings is 2. The van der Waals surface area contributed by atoms with Gasteiger partial charge in [0.2, 0.25) is 10.0 Å². The Balaban J connectivity index is 1.96. The predicted octanol–water partition coefficient (Wildman–Crippen LogP) is 3.42. The maximum Gasteiger partial charge on any atom is 0.240 e. The normalized spacial score (nSPS) is 11.5. The van der Waals surface area contributed by atoms with Crippen LogP contribution in [0.1, 0.15) is 22.3 Å². The predicted molar refractivity (Wildman–Crippen MR) is 92.5 cm³/mol. The van der Waals surface area contributed by atoms with Crippen molar-refractivity contribution in [3.63, 3.8) is 0 Å². The molecule has 4 nitrogen and oxygen atoms in total. The molecule has 24 heavy (non-hydrogen) atoms. The summed E-state index contributed by atoms with van der Waals surface area (Å²) in [4.78, 5) is 0.0451. The number of ether oxygens (including phenoxy) is 1. The largest absolute Gasteiger partial charge is 0.492 e. The third-order valence-electron chi connectivity index (χ3n) is 3.88. The molecule has 1 N–H and O–H groups in total. The first-order valence-corrected chi connectivity index (χ1v) is 9.15. The zero-order valence-electron chi connectivity index (χ0n) is 14.3. The Morgan fingerprint density at radius 2 is 1.62 bits per heavy atom. The molecule has 0 saturated carbocycles. The van der Waals surface area contributed by atoms with Gasteiger partial charge in [-0.05, 0) is 74.2 Å². The van der Waals surface area contributed by atoms with Crippen molar-refractivity contribution in [2.45, 2.75) is 32.6 Å².